The van der Waals surface area contributed by atoms with Crippen LogP contribution in [0.1, 0.15) is 25.3 Å². The topological polar surface area (TPSA) is 61.4 Å². The van der Waals surface area contributed by atoms with Gasteiger partial charge in [-0.3, -0.25) is 4.79 Å². The molecule has 4 heteroatoms. The maximum absolute atomic E-state index is 12.6. The minimum Gasteiger partial charge on any atom is -0.392 e. The third-order valence-electron chi connectivity index (χ3n) is 3.78. The molecule has 0 radical (unpaired) electrons. The lowest BCUT2D eigenvalue weighted by atomic mass is 9.72. The summed E-state index contributed by atoms with van der Waals surface area (Å²) >= 11 is 0. The van der Waals surface area contributed by atoms with Crippen LogP contribution in [-0.2, 0) is 10.2 Å². The standard InChI is InChI=1S/C15H22N2O2/c1-12(18)11-17-14(19)15(7-9-16-10-8-15)13-5-3-2-4-6-13/h2-6,12,16,18H,7-11H2,1H3,(H,17,19)/t12-/m1/s1. The third kappa shape index (κ3) is 3.14. The van der Waals surface area contributed by atoms with Gasteiger partial charge in [-0.1, -0.05) is 30.3 Å². The molecule has 0 spiro atoms. The molecule has 1 aromatic rings. The average Bonchev–Trinajstić information content (AvgIpc) is 2.46. The van der Waals surface area contributed by atoms with Crippen LogP contribution in [0.25, 0.3) is 0 Å². The number of benzene rings is 1. The first-order chi connectivity index (χ1) is 9.15. The Kier molecular flexibility index (Phi) is 4.56. The van der Waals surface area contributed by atoms with Gasteiger partial charge in [0, 0.05) is 6.54 Å². The molecule has 1 aliphatic heterocycles. The molecule has 0 saturated carbocycles. The minimum atomic E-state index is -0.515. The molecule has 1 heterocycles. The summed E-state index contributed by atoms with van der Waals surface area (Å²) in [6.07, 6.45) is 1.07. The van der Waals surface area contributed by atoms with E-state index in [-0.39, 0.29) is 5.91 Å². The van der Waals surface area contributed by atoms with Crippen molar-refractivity contribution in [1.29, 1.82) is 0 Å². The zero-order valence-corrected chi connectivity index (χ0v) is 11.4. The predicted molar refractivity (Wildman–Crippen MR) is 74.9 cm³/mol. The van der Waals surface area contributed by atoms with E-state index in [1.54, 1.807) is 6.92 Å². The van der Waals surface area contributed by atoms with Crippen LogP contribution in [-0.4, -0.2) is 36.8 Å². The largest absolute Gasteiger partial charge is 0.392 e. The van der Waals surface area contributed by atoms with Gasteiger partial charge in [-0.25, -0.2) is 0 Å². The summed E-state index contributed by atoms with van der Waals surface area (Å²) in [6.45, 7) is 3.67. The van der Waals surface area contributed by atoms with Gasteiger partial charge in [0.05, 0.1) is 11.5 Å². The Labute approximate surface area is 114 Å². The van der Waals surface area contributed by atoms with Gasteiger partial charge in [-0.2, -0.15) is 0 Å². The third-order valence-corrected chi connectivity index (χ3v) is 3.78. The van der Waals surface area contributed by atoms with Crippen molar-refractivity contribution in [2.24, 2.45) is 0 Å². The van der Waals surface area contributed by atoms with Crippen molar-refractivity contribution in [2.45, 2.75) is 31.3 Å². The minimum absolute atomic E-state index is 0.0288. The zero-order chi connectivity index (χ0) is 13.7. The van der Waals surface area contributed by atoms with Gasteiger partial charge in [0.2, 0.25) is 5.91 Å². The van der Waals surface area contributed by atoms with E-state index >= 15 is 0 Å². The fourth-order valence-corrected chi connectivity index (χ4v) is 2.67. The molecule has 4 nitrogen and oxygen atoms in total. The zero-order valence-electron chi connectivity index (χ0n) is 11.4. The second kappa shape index (κ2) is 6.17. The number of rotatable bonds is 4. The van der Waals surface area contributed by atoms with E-state index in [1.807, 2.05) is 30.3 Å². The number of amides is 1. The molecule has 0 unspecified atom stereocenters. The van der Waals surface area contributed by atoms with Gasteiger partial charge in [-0.05, 0) is 38.4 Å². The monoisotopic (exact) mass is 262 g/mol. The lowest BCUT2D eigenvalue weighted by molar-refractivity contribution is -0.128. The van der Waals surface area contributed by atoms with E-state index < -0.39 is 11.5 Å². The summed E-state index contributed by atoms with van der Waals surface area (Å²) in [5.74, 6) is 0.0288. The Morgan fingerprint density at radius 2 is 2.00 bits per heavy atom. The van der Waals surface area contributed by atoms with Crippen LogP contribution in [0.15, 0.2) is 30.3 Å². The number of hydrogen-bond acceptors (Lipinski definition) is 3. The van der Waals surface area contributed by atoms with E-state index in [4.69, 9.17) is 0 Å². The number of aliphatic hydroxyl groups excluding tert-OH is 1. The fraction of sp³-hybridized carbons (Fsp3) is 0.533. The summed E-state index contributed by atoms with van der Waals surface area (Å²) in [5.41, 5.74) is 0.612. The molecule has 1 aromatic carbocycles. The van der Waals surface area contributed by atoms with Crippen molar-refractivity contribution in [2.75, 3.05) is 19.6 Å². The number of nitrogens with one attached hydrogen (secondary N) is 2. The highest BCUT2D eigenvalue weighted by molar-refractivity contribution is 5.88. The molecule has 2 rings (SSSR count). The number of carbonyl (C=O) groups excluding carboxylic acids is 1. The molecule has 19 heavy (non-hydrogen) atoms. The van der Waals surface area contributed by atoms with Crippen LogP contribution in [0.4, 0.5) is 0 Å². The van der Waals surface area contributed by atoms with Crippen molar-refractivity contribution in [3.8, 4) is 0 Å². The lowest BCUT2D eigenvalue weighted by Gasteiger charge is -2.36. The van der Waals surface area contributed by atoms with E-state index in [1.165, 1.54) is 0 Å². The molecule has 1 fully saturated rings. The van der Waals surface area contributed by atoms with Crippen LogP contribution in [0.3, 0.4) is 0 Å². The highest BCUT2D eigenvalue weighted by Gasteiger charge is 2.40. The van der Waals surface area contributed by atoms with Crippen molar-refractivity contribution in [3.63, 3.8) is 0 Å². The molecule has 0 aromatic heterocycles. The Bertz CT molecular complexity index is 411. The van der Waals surface area contributed by atoms with E-state index in [2.05, 4.69) is 10.6 Å². The summed E-state index contributed by atoms with van der Waals surface area (Å²) in [7, 11) is 0. The SMILES string of the molecule is C[C@@H](O)CNC(=O)C1(c2ccccc2)CCNCC1. The molecular weight excluding hydrogens is 240 g/mol. The predicted octanol–water partition coefficient (Wildman–Crippen LogP) is 0.805. The van der Waals surface area contributed by atoms with Gasteiger partial charge >= 0.3 is 0 Å². The Balaban J connectivity index is 2.22. The number of piperidine rings is 1. The van der Waals surface area contributed by atoms with E-state index in [0.29, 0.717) is 6.54 Å². The summed E-state index contributed by atoms with van der Waals surface area (Å²) in [4.78, 5) is 12.6. The molecular formula is C15H22N2O2. The average molecular weight is 262 g/mol. The maximum atomic E-state index is 12.6. The lowest BCUT2D eigenvalue weighted by Crippen LogP contribution is -2.51. The second-order valence-corrected chi connectivity index (χ2v) is 5.26. The molecule has 0 bridgehead atoms. The van der Waals surface area contributed by atoms with Crippen LogP contribution in [0.5, 0.6) is 0 Å². The molecule has 1 atom stereocenters. The van der Waals surface area contributed by atoms with Crippen LogP contribution in [0.2, 0.25) is 0 Å². The smallest absolute Gasteiger partial charge is 0.230 e. The molecule has 1 saturated heterocycles. The number of hydrogen-bond donors (Lipinski definition) is 3. The summed E-state index contributed by atoms with van der Waals surface area (Å²) < 4.78 is 0. The Hall–Kier alpha value is -1.39. The second-order valence-electron chi connectivity index (χ2n) is 5.26. The van der Waals surface area contributed by atoms with Crippen molar-refractivity contribution >= 4 is 5.91 Å². The normalized spacial score (nSPS) is 19.7. The number of carbonyl (C=O) groups is 1. The van der Waals surface area contributed by atoms with Crippen molar-refractivity contribution in [1.82, 2.24) is 10.6 Å². The molecule has 1 amide bonds. The Morgan fingerprint density at radius 3 is 2.58 bits per heavy atom. The molecule has 1 aliphatic rings. The summed E-state index contributed by atoms with van der Waals surface area (Å²) in [5, 5.41) is 15.5. The molecule has 3 N–H and O–H groups in total. The van der Waals surface area contributed by atoms with Gasteiger partial charge in [0.1, 0.15) is 0 Å². The van der Waals surface area contributed by atoms with Gasteiger partial charge in [0.25, 0.3) is 0 Å². The van der Waals surface area contributed by atoms with E-state index in [9.17, 15) is 9.90 Å². The fourth-order valence-electron chi connectivity index (χ4n) is 2.67. The first-order valence-corrected chi connectivity index (χ1v) is 6.88. The first-order valence-electron chi connectivity index (χ1n) is 6.88. The highest BCUT2D eigenvalue weighted by Crippen LogP contribution is 2.33. The van der Waals surface area contributed by atoms with Gasteiger partial charge in [-0.15, -0.1) is 0 Å². The summed E-state index contributed by atoms with van der Waals surface area (Å²) in [6, 6.07) is 9.95. The van der Waals surface area contributed by atoms with Crippen molar-refractivity contribution in [3.05, 3.63) is 35.9 Å². The number of aliphatic hydroxyl groups is 1. The van der Waals surface area contributed by atoms with Crippen molar-refractivity contribution < 1.29 is 9.90 Å². The van der Waals surface area contributed by atoms with Crippen LogP contribution < -0.4 is 10.6 Å². The van der Waals surface area contributed by atoms with Gasteiger partial charge in [0.15, 0.2) is 0 Å². The molecule has 0 aliphatic carbocycles. The van der Waals surface area contributed by atoms with Crippen LogP contribution >= 0.6 is 0 Å². The van der Waals surface area contributed by atoms with E-state index in [0.717, 1.165) is 31.5 Å². The first kappa shape index (κ1) is 14.0. The van der Waals surface area contributed by atoms with Crippen LogP contribution in [0, 0.1) is 0 Å². The maximum Gasteiger partial charge on any atom is 0.230 e. The Morgan fingerprint density at radius 1 is 1.37 bits per heavy atom. The molecule has 104 valence electrons. The van der Waals surface area contributed by atoms with Gasteiger partial charge < -0.3 is 15.7 Å². The quantitative estimate of drug-likeness (QED) is 0.752. The highest BCUT2D eigenvalue weighted by atomic mass is 16.3.